The fraction of sp³-hybridized carbons (Fsp3) is 0.200. The Hall–Kier alpha value is -3.60. The molecule has 4 aromatic rings. The first kappa shape index (κ1) is 19.7. The topological polar surface area (TPSA) is 47.2 Å². The molecule has 0 saturated heterocycles. The van der Waals surface area contributed by atoms with Gasteiger partial charge in [-0.2, -0.15) is 0 Å². The molecule has 0 bridgehead atoms. The van der Waals surface area contributed by atoms with Crippen molar-refractivity contribution in [2.24, 2.45) is 7.05 Å². The number of amides is 1. The van der Waals surface area contributed by atoms with E-state index >= 15 is 0 Å². The summed E-state index contributed by atoms with van der Waals surface area (Å²) >= 11 is 0. The summed E-state index contributed by atoms with van der Waals surface area (Å²) in [5.74, 6) is 0.0301. The number of hydrogen-bond acceptors (Lipinski definition) is 2. The molecule has 0 aliphatic heterocycles. The van der Waals surface area contributed by atoms with E-state index < -0.39 is 0 Å². The SMILES string of the molecule is Cn1c(=O)n(CCC(=O)N(Cc2ccccc2)Cc2ccccc2)c2ccccc21. The Morgan fingerprint density at radius 3 is 1.83 bits per heavy atom. The third kappa shape index (κ3) is 4.20. The van der Waals surface area contributed by atoms with Crippen LogP contribution in [0.5, 0.6) is 0 Å². The molecule has 3 aromatic carbocycles. The van der Waals surface area contributed by atoms with Crippen LogP contribution in [-0.2, 0) is 31.5 Å². The van der Waals surface area contributed by atoms with Gasteiger partial charge in [0, 0.05) is 33.1 Å². The minimum Gasteiger partial charge on any atom is -0.334 e. The van der Waals surface area contributed by atoms with Crippen LogP contribution in [0.25, 0.3) is 11.0 Å². The van der Waals surface area contributed by atoms with Crippen molar-refractivity contribution in [2.45, 2.75) is 26.1 Å². The molecule has 0 fully saturated rings. The van der Waals surface area contributed by atoms with Gasteiger partial charge in [-0.25, -0.2) is 4.79 Å². The summed E-state index contributed by atoms with van der Waals surface area (Å²) in [5, 5.41) is 0. The average Bonchev–Trinajstić information content (AvgIpc) is 3.03. The van der Waals surface area contributed by atoms with Gasteiger partial charge < -0.3 is 4.90 Å². The Bertz CT molecular complexity index is 1150. The van der Waals surface area contributed by atoms with Gasteiger partial charge >= 0.3 is 5.69 Å². The number of benzene rings is 3. The molecule has 4 rings (SSSR count). The Labute approximate surface area is 175 Å². The lowest BCUT2D eigenvalue weighted by Crippen LogP contribution is -2.32. The number of rotatable bonds is 7. The number of aryl methyl sites for hydroxylation is 2. The molecule has 0 aliphatic carbocycles. The van der Waals surface area contributed by atoms with Gasteiger partial charge in [0.1, 0.15) is 0 Å². The second-order valence-electron chi connectivity index (χ2n) is 7.45. The summed E-state index contributed by atoms with van der Waals surface area (Å²) in [6.45, 7) is 1.44. The molecule has 1 heterocycles. The maximum atomic E-state index is 13.2. The minimum atomic E-state index is -0.0957. The third-order valence-electron chi connectivity index (χ3n) is 5.39. The van der Waals surface area contributed by atoms with Crippen LogP contribution >= 0.6 is 0 Å². The number of imidazole rings is 1. The molecule has 1 aromatic heterocycles. The van der Waals surface area contributed by atoms with E-state index in [0.29, 0.717) is 19.6 Å². The fourth-order valence-electron chi connectivity index (χ4n) is 3.78. The van der Waals surface area contributed by atoms with Crippen LogP contribution in [-0.4, -0.2) is 19.9 Å². The number of nitrogens with zero attached hydrogens (tertiary/aromatic N) is 3. The Kier molecular flexibility index (Phi) is 5.80. The Balaban J connectivity index is 1.54. The minimum absolute atomic E-state index is 0.0301. The van der Waals surface area contributed by atoms with Crippen LogP contribution in [0.3, 0.4) is 0 Å². The van der Waals surface area contributed by atoms with Gasteiger partial charge in [0.15, 0.2) is 0 Å². The van der Waals surface area contributed by atoms with Gasteiger partial charge in [-0.05, 0) is 23.3 Å². The molecule has 0 spiro atoms. The van der Waals surface area contributed by atoms with E-state index in [-0.39, 0.29) is 18.0 Å². The van der Waals surface area contributed by atoms with Crippen LogP contribution in [0, 0.1) is 0 Å². The van der Waals surface area contributed by atoms with Gasteiger partial charge in [-0.15, -0.1) is 0 Å². The van der Waals surface area contributed by atoms with Crippen LogP contribution in [0.15, 0.2) is 89.7 Å². The van der Waals surface area contributed by atoms with Crippen molar-refractivity contribution < 1.29 is 4.79 Å². The van der Waals surface area contributed by atoms with Crippen LogP contribution in [0.4, 0.5) is 0 Å². The van der Waals surface area contributed by atoms with Gasteiger partial charge in [0.2, 0.25) is 5.91 Å². The lowest BCUT2D eigenvalue weighted by molar-refractivity contribution is -0.132. The number of hydrogen-bond donors (Lipinski definition) is 0. The molecular formula is C25H25N3O2. The van der Waals surface area contributed by atoms with Crippen molar-refractivity contribution in [2.75, 3.05) is 0 Å². The first-order chi connectivity index (χ1) is 14.6. The summed E-state index contributed by atoms with van der Waals surface area (Å²) < 4.78 is 3.32. The highest BCUT2D eigenvalue weighted by atomic mass is 16.2. The largest absolute Gasteiger partial charge is 0.334 e. The van der Waals surface area contributed by atoms with Gasteiger partial charge in [-0.3, -0.25) is 13.9 Å². The molecule has 5 nitrogen and oxygen atoms in total. The third-order valence-corrected chi connectivity index (χ3v) is 5.39. The second kappa shape index (κ2) is 8.82. The van der Waals surface area contributed by atoms with E-state index in [2.05, 4.69) is 0 Å². The van der Waals surface area contributed by atoms with Crippen molar-refractivity contribution in [3.05, 3.63) is 107 Å². The number of aromatic nitrogens is 2. The zero-order chi connectivity index (χ0) is 20.9. The Morgan fingerprint density at radius 1 is 0.767 bits per heavy atom. The van der Waals surface area contributed by atoms with E-state index in [1.165, 1.54) is 0 Å². The molecule has 5 heteroatoms. The standard InChI is InChI=1S/C25H25N3O2/c1-26-22-14-8-9-15-23(22)28(25(26)30)17-16-24(29)27(18-20-10-4-2-5-11-20)19-21-12-6-3-7-13-21/h2-15H,16-19H2,1H3. The number of carbonyl (C=O) groups is 1. The van der Waals surface area contributed by atoms with Gasteiger partial charge in [0.05, 0.1) is 11.0 Å². The van der Waals surface area contributed by atoms with Crippen molar-refractivity contribution in [3.63, 3.8) is 0 Å². The second-order valence-corrected chi connectivity index (χ2v) is 7.45. The van der Waals surface area contributed by atoms with Gasteiger partial charge in [-0.1, -0.05) is 72.8 Å². The lowest BCUT2D eigenvalue weighted by atomic mass is 10.1. The number of carbonyl (C=O) groups excluding carboxylic acids is 1. The van der Waals surface area contributed by atoms with E-state index in [4.69, 9.17) is 0 Å². The Morgan fingerprint density at radius 2 is 1.27 bits per heavy atom. The van der Waals surface area contributed by atoms with E-state index in [1.54, 1.807) is 16.2 Å². The molecule has 0 atom stereocenters. The molecule has 0 aliphatic rings. The maximum absolute atomic E-state index is 13.2. The van der Waals surface area contributed by atoms with E-state index in [9.17, 15) is 9.59 Å². The van der Waals surface area contributed by atoms with Crippen LogP contribution < -0.4 is 5.69 Å². The summed E-state index contributed by atoms with van der Waals surface area (Å²) in [6.07, 6.45) is 0.271. The van der Waals surface area contributed by atoms with E-state index in [0.717, 1.165) is 22.2 Å². The molecule has 0 radical (unpaired) electrons. The van der Waals surface area contributed by atoms with Crippen molar-refractivity contribution in [1.82, 2.24) is 14.0 Å². The first-order valence-electron chi connectivity index (χ1n) is 10.1. The summed E-state index contributed by atoms with van der Waals surface area (Å²) in [6, 6.07) is 27.7. The molecule has 0 N–H and O–H groups in total. The molecule has 0 saturated carbocycles. The van der Waals surface area contributed by atoms with Crippen molar-refractivity contribution in [1.29, 1.82) is 0 Å². The highest BCUT2D eigenvalue weighted by molar-refractivity contribution is 5.78. The van der Waals surface area contributed by atoms with Crippen LogP contribution in [0.1, 0.15) is 17.5 Å². The summed E-state index contributed by atoms with van der Waals surface area (Å²) in [7, 11) is 1.76. The highest BCUT2D eigenvalue weighted by Crippen LogP contribution is 2.15. The summed E-state index contributed by atoms with van der Waals surface area (Å²) in [4.78, 5) is 27.7. The average molecular weight is 399 g/mol. The molecule has 30 heavy (non-hydrogen) atoms. The van der Waals surface area contributed by atoms with Crippen LogP contribution in [0.2, 0.25) is 0 Å². The number of para-hydroxylation sites is 2. The molecule has 0 unspecified atom stereocenters. The molecular weight excluding hydrogens is 374 g/mol. The maximum Gasteiger partial charge on any atom is 0.328 e. The monoisotopic (exact) mass is 399 g/mol. The predicted molar refractivity (Wildman–Crippen MR) is 119 cm³/mol. The first-order valence-corrected chi connectivity index (χ1v) is 10.1. The van der Waals surface area contributed by atoms with Crippen molar-refractivity contribution in [3.8, 4) is 0 Å². The zero-order valence-corrected chi connectivity index (χ0v) is 17.1. The smallest absolute Gasteiger partial charge is 0.328 e. The van der Waals surface area contributed by atoms with Crippen molar-refractivity contribution >= 4 is 16.9 Å². The fourth-order valence-corrected chi connectivity index (χ4v) is 3.78. The normalized spacial score (nSPS) is 11.0. The van der Waals surface area contributed by atoms with E-state index in [1.807, 2.05) is 89.8 Å². The predicted octanol–water partition coefficient (Wildman–Crippen LogP) is 3.96. The highest BCUT2D eigenvalue weighted by Gasteiger charge is 2.17. The zero-order valence-electron chi connectivity index (χ0n) is 17.1. The summed E-state index contributed by atoms with van der Waals surface area (Å²) in [5.41, 5.74) is 3.81. The lowest BCUT2D eigenvalue weighted by Gasteiger charge is -2.23. The molecule has 1 amide bonds. The molecule has 152 valence electrons. The quantitative estimate of drug-likeness (QED) is 0.472. The van der Waals surface area contributed by atoms with Gasteiger partial charge in [0.25, 0.3) is 0 Å². The number of fused-ring (bicyclic) bond motifs is 1.